The molecule has 0 saturated heterocycles. The van der Waals surface area contributed by atoms with Crippen LogP contribution in [0.2, 0.25) is 0 Å². The molecule has 0 aliphatic rings. The number of ether oxygens (including phenoxy) is 4. The van der Waals surface area contributed by atoms with E-state index in [1.807, 2.05) is 116 Å². The van der Waals surface area contributed by atoms with Crippen LogP contribution in [0.25, 0.3) is 0 Å². The maximum atomic E-state index is 12.5. The molecular weight excluding hydrogens is 1240 g/mol. The lowest BCUT2D eigenvalue weighted by Gasteiger charge is -2.25. The number of benzene rings is 4. The fourth-order valence-corrected chi connectivity index (χ4v) is 8.72. The lowest BCUT2D eigenvalue weighted by molar-refractivity contribution is -0.171. The van der Waals surface area contributed by atoms with Gasteiger partial charge in [0.2, 0.25) is 0 Å². The van der Waals surface area contributed by atoms with Gasteiger partial charge in [-0.25, -0.2) is 34.5 Å². The molecule has 8 N–H and O–H groups in total. The number of aliphatic hydroxyl groups excluding tert-OH is 1. The Morgan fingerprint density at radius 2 is 0.763 bits per heavy atom. The van der Waals surface area contributed by atoms with E-state index >= 15 is 0 Å². The van der Waals surface area contributed by atoms with E-state index < -0.39 is 88.6 Å². The molecule has 24 nitrogen and oxygen atoms in total. The number of amides is 5. The summed E-state index contributed by atoms with van der Waals surface area (Å²) in [6.07, 6.45) is -1.73. The van der Waals surface area contributed by atoms with Gasteiger partial charge >= 0.3 is 30.3 Å². The van der Waals surface area contributed by atoms with Crippen molar-refractivity contribution >= 4 is 42.5 Å². The molecule has 4 aromatic rings. The molecule has 5 atom stereocenters. The third-order valence-corrected chi connectivity index (χ3v) is 12.0. The normalized spacial score (nSPS) is 12.5. The molecule has 5 amide bonds. The van der Waals surface area contributed by atoms with Crippen LogP contribution in [0.5, 0.6) is 0 Å². The molecule has 540 valence electrons. The summed E-state index contributed by atoms with van der Waals surface area (Å²) in [7, 11) is 6.19. The third-order valence-electron chi connectivity index (χ3n) is 12.0. The Labute approximate surface area is 576 Å². The van der Waals surface area contributed by atoms with Crippen molar-refractivity contribution in [2.45, 2.75) is 236 Å². The first-order valence-electron chi connectivity index (χ1n) is 31.5. The van der Waals surface area contributed by atoms with Crippen LogP contribution in [0.3, 0.4) is 0 Å². The Bertz CT molecular complexity index is 3150. The summed E-state index contributed by atoms with van der Waals surface area (Å²) in [5.74, 6) is -1.43. The first kappa shape index (κ1) is 90.4. The summed E-state index contributed by atoms with van der Waals surface area (Å²) in [5.41, 5.74) is 11.4. The number of aldehydes is 1. The van der Waals surface area contributed by atoms with Crippen LogP contribution in [-0.2, 0) is 68.7 Å². The van der Waals surface area contributed by atoms with E-state index in [1.54, 1.807) is 109 Å². The van der Waals surface area contributed by atoms with Gasteiger partial charge in [0, 0.05) is 26.9 Å². The molecule has 0 aliphatic carbocycles. The number of hydrogen-bond acceptors (Lipinski definition) is 18. The van der Waals surface area contributed by atoms with Gasteiger partial charge in [0.25, 0.3) is 5.91 Å². The minimum absolute atomic E-state index is 0.219. The largest absolute Gasteiger partial charge is 0.480 e. The lowest BCUT2D eigenvalue weighted by Crippen LogP contribution is -2.49. The zero-order valence-electron chi connectivity index (χ0n) is 62.2. The predicted octanol–water partition coefficient (Wildman–Crippen LogP) is 11.2. The number of hydroxylamine groups is 3. The van der Waals surface area contributed by atoms with Gasteiger partial charge in [-0.3, -0.25) is 9.63 Å². The summed E-state index contributed by atoms with van der Waals surface area (Å²) >= 11 is 0. The van der Waals surface area contributed by atoms with Crippen molar-refractivity contribution in [2.24, 2.45) is 0 Å². The average Bonchev–Trinajstić information content (AvgIpc) is 0.881. The van der Waals surface area contributed by atoms with Crippen LogP contribution in [0.1, 0.15) is 164 Å². The van der Waals surface area contributed by atoms with E-state index in [4.69, 9.17) is 39.4 Å². The Kier molecular flexibility index (Phi) is 39.9. The van der Waals surface area contributed by atoms with Crippen molar-refractivity contribution in [2.75, 3.05) is 28.3 Å². The third kappa shape index (κ3) is 46.2. The van der Waals surface area contributed by atoms with Crippen molar-refractivity contribution < 1.29 is 77.5 Å². The number of carbonyl (C=O) groups excluding carboxylic acids is 6. The monoisotopic (exact) mass is 1360 g/mol. The predicted molar refractivity (Wildman–Crippen MR) is 374 cm³/mol. The van der Waals surface area contributed by atoms with Gasteiger partial charge < -0.3 is 65.2 Å². The molecule has 0 fully saturated rings. The zero-order valence-corrected chi connectivity index (χ0v) is 62.2. The van der Waals surface area contributed by atoms with Crippen LogP contribution in [0.4, 0.5) is 19.2 Å². The number of carboxylic acid groups (broad SMARTS) is 1. The van der Waals surface area contributed by atoms with E-state index in [0.29, 0.717) is 19.3 Å². The van der Waals surface area contributed by atoms with E-state index in [0.717, 1.165) is 78.1 Å². The number of carboxylic acids is 1. The maximum Gasteiger partial charge on any atom is 0.408 e. The van der Waals surface area contributed by atoms with E-state index in [9.17, 15) is 43.8 Å². The number of nitrogens with one attached hydrogen (secondary N) is 5. The van der Waals surface area contributed by atoms with Gasteiger partial charge in [0.05, 0.1) is 38.4 Å². The van der Waals surface area contributed by atoms with E-state index in [-0.39, 0.29) is 12.3 Å². The summed E-state index contributed by atoms with van der Waals surface area (Å²) < 4.78 is 20.7. The average molecular weight is 1360 g/mol. The van der Waals surface area contributed by atoms with Crippen LogP contribution in [0, 0.1) is 78.1 Å². The first-order valence-corrected chi connectivity index (χ1v) is 31.5. The zero-order chi connectivity index (χ0) is 75.6. The van der Waals surface area contributed by atoms with Gasteiger partial charge in [-0.15, -0.1) is 0 Å². The maximum absolute atomic E-state index is 12.5. The molecule has 97 heavy (non-hydrogen) atoms. The molecular formula is C73H112N8O16. The second kappa shape index (κ2) is 42.8. The van der Waals surface area contributed by atoms with Gasteiger partial charge in [-0.1, -0.05) is 117 Å². The SMILES string of the molecule is CC(C)(O)C#N.CNOC.CON(C)C(=O)[C@H](Cc1cc(C)cc(C)c1)NC(=O)OC(C)(C)C.Cc1cc(C)cc(C[C@@H](C=O)NC(=O)OC(C)(C)C)c1.Cc1cc(C)cc(C[C@H](NC(=O)OC(C)(C)C)C(=O)O)c1.Cc1cc(C)cc(C[C@H](NC(=O)OC(C)(C)C)C(O)C#N)c1. The van der Waals surface area contributed by atoms with Crippen molar-refractivity contribution in [1.82, 2.24) is 31.8 Å². The smallest absolute Gasteiger partial charge is 0.408 e. The van der Waals surface area contributed by atoms with Crippen molar-refractivity contribution in [3.8, 4) is 12.1 Å². The molecule has 0 aliphatic heterocycles. The Balaban J connectivity index is 0. The van der Waals surface area contributed by atoms with E-state index in [1.165, 1.54) is 28.0 Å². The number of nitriles is 2. The van der Waals surface area contributed by atoms with Gasteiger partial charge in [-0.2, -0.15) is 10.5 Å². The number of carbonyl (C=O) groups is 7. The molecule has 0 saturated carbocycles. The number of aliphatic carboxylic acids is 1. The molecule has 0 spiro atoms. The second-order valence-electron chi connectivity index (χ2n) is 27.8. The van der Waals surface area contributed by atoms with Crippen molar-refractivity contribution in [3.63, 3.8) is 0 Å². The quantitative estimate of drug-likeness (QED) is 0.0198. The van der Waals surface area contributed by atoms with Crippen LogP contribution in [0.15, 0.2) is 72.8 Å². The highest BCUT2D eigenvalue weighted by molar-refractivity contribution is 5.85. The highest BCUT2D eigenvalue weighted by Gasteiger charge is 2.29. The summed E-state index contributed by atoms with van der Waals surface area (Å²) in [4.78, 5) is 91.4. The van der Waals surface area contributed by atoms with Crippen molar-refractivity contribution in [1.29, 1.82) is 10.5 Å². The minimum Gasteiger partial charge on any atom is -0.480 e. The highest BCUT2D eigenvalue weighted by Crippen LogP contribution is 2.18. The molecule has 24 heteroatoms. The molecule has 4 aromatic carbocycles. The number of likely N-dealkylation sites (N-methyl/N-ethyl adjacent to an activating group) is 1. The summed E-state index contributed by atoms with van der Waals surface area (Å²) in [5, 5.41) is 55.7. The van der Waals surface area contributed by atoms with E-state index in [2.05, 4.69) is 43.7 Å². The summed E-state index contributed by atoms with van der Waals surface area (Å²) in [6, 6.07) is 24.3. The van der Waals surface area contributed by atoms with Gasteiger partial charge in [0.15, 0.2) is 6.10 Å². The van der Waals surface area contributed by atoms with Crippen LogP contribution in [-0.4, -0.2) is 150 Å². The second-order valence-corrected chi connectivity index (χ2v) is 27.8. The Hall–Kier alpha value is -8.65. The number of aryl methyl sites for hydroxylation is 8. The number of nitrogens with zero attached hydrogens (tertiary/aromatic N) is 3. The van der Waals surface area contributed by atoms with Gasteiger partial charge in [0.1, 0.15) is 46.4 Å². The molecule has 4 rings (SSSR count). The lowest BCUT2D eigenvalue weighted by atomic mass is 9.98. The topological polar surface area (TPSA) is 347 Å². The Morgan fingerprint density at radius 1 is 0.495 bits per heavy atom. The standard InChI is InChI=1S/C18H28N2O4.C17H24N2O3.C16H23NO4.C16H23NO3.C4H7NO.C2H7NO/c1-12-8-13(2)10-14(9-12)11-15(16(21)20(6)23-7)19-17(22)24-18(3,4)5;1-11-6-12(2)8-13(7-11)9-14(15(20)10-18)19-16(21)22-17(3,4)5;1-10-6-11(2)8-12(7-10)9-13(14(18)19)17-15(20)21-16(3,4)5;1-11-6-12(2)8-13(7-11)9-14(10-18)17-15(19)20-16(3,4)5;1-4(2,6)3-5;1-3-4-2/h8-10,15H,11H2,1-7H3,(H,19,22);6-8,14-15,20H,9H2,1-5H3,(H,19,21);6-8,13H,9H2,1-5H3,(H,17,20)(H,18,19);6-8,10,14H,9H2,1-5H3,(H,17,19);6H,1-2H3;3H,1-2H3/t15-;14-,15?;13-;14-;;/m0000../s1. The molecule has 0 aromatic heterocycles. The number of aliphatic hydroxyl groups is 2. The van der Waals surface area contributed by atoms with Crippen molar-refractivity contribution in [3.05, 3.63) is 140 Å². The minimum atomic E-state index is -1.30. The first-order chi connectivity index (χ1) is 44.3. The number of rotatable bonds is 18. The molecule has 1 unspecified atom stereocenters. The molecule has 0 radical (unpaired) electrons. The number of hydrogen-bond donors (Lipinski definition) is 8. The molecule has 0 bridgehead atoms. The van der Waals surface area contributed by atoms with Gasteiger partial charge in [-0.05, 0) is 187 Å². The van der Waals surface area contributed by atoms with Crippen LogP contribution >= 0.6 is 0 Å². The Morgan fingerprint density at radius 3 is 1.02 bits per heavy atom. The van der Waals surface area contributed by atoms with Crippen LogP contribution < -0.4 is 26.7 Å². The number of alkyl carbamates (subject to hydrolysis) is 4. The fourth-order valence-electron chi connectivity index (χ4n) is 8.72. The highest BCUT2D eigenvalue weighted by atomic mass is 16.7. The summed E-state index contributed by atoms with van der Waals surface area (Å²) in [6.45, 7) is 39.9. The fraction of sp³-hybridized carbons (Fsp3) is 0.548. The molecule has 0 heterocycles.